The van der Waals surface area contributed by atoms with Gasteiger partial charge in [0.25, 0.3) is 0 Å². The molecule has 1 aromatic carbocycles. The van der Waals surface area contributed by atoms with Crippen molar-refractivity contribution in [2.75, 3.05) is 13.4 Å². The summed E-state index contributed by atoms with van der Waals surface area (Å²) in [5, 5.41) is 0.281. The first-order valence-corrected chi connectivity index (χ1v) is 5.74. The van der Waals surface area contributed by atoms with Gasteiger partial charge in [-0.15, -0.1) is 0 Å². The molecule has 0 aliphatic carbocycles. The molecule has 0 amide bonds. The van der Waals surface area contributed by atoms with Gasteiger partial charge in [-0.1, -0.05) is 11.6 Å². The molecule has 1 aromatic rings. The average molecular weight is 309 g/mol. The molecule has 0 radical (unpaired) electrons. The van der Waals surface area contributed by atoms with Crippen LogP contribution in [0.3, 0.4) is 0 Å². The molecule has 0 atom stereocenters. The Bertz CT molecular complexity index is 554. The molecule has 0 saturated heterocycles. The number of rotatable bonds is 3. The average Bonchev–Trinajstić information content (AvgIpc) is 2.81. The van der Waals surface area contributed by atoms with E-state index in [0.29, 0.717) is 17.1 Å². The molecule has 2 rings (SSSR count). The van der Waals surface area contributed by atoms with Gasteiger partial charge in [-0.2, -0.15) is 13.2 Å². The fraction of sp³-hybridized carbons (Fsp3) is 0.250. The highest BCUT2D eigenvalue weighted by atomic mass is 35.5. The highest BCUT2D eigenvalue weighted by molar-refractivity contribution is 6.32. The maximum absolute atomic E-state index is 11.8. The number of hydrogen-bond acceptors (Lipinski definition) is 4. The lowest BCUT2D eigenvalue weighted by molar-refractivity contribution is -0.182. The number of alkyl halides is 3. The van der Waals surface area contributed by atoms with Crippen LogP contribution in [0.15, 0.2) is 18.2 Å². The Labute approximate surface area is 116 Å². The van der Waals surface area contributed by atoms with Crippen molar-refractivity contribution in [2.24, 2.45) is 0 Å². The van der Waals surface area contributed by atoms with Gasteiger partial charge < -0.3 is 14.2 Å². The third kappa shape index (κ3) is 3.80. The predicted molar refractivity (Wildman–Crippen MR) is 63.6 cm³/mol. The summed E-state index contributed by atoms with van der Waals surface area (Å²) < 4.78 is 49.7. The van der Waals surface area contributed by atoms with Crippen LogP contribution in [-0.4, -0.2) is 25.5 Å². The summed E-state index contributed by atoms with van der Waals surface area (Å²) in [7, 11) is 0. The Morgan fingerprint density at radius 2 is 2.15 bits per heavy atom. The second-order valence-electron chi connectivity index (χ2n) is 3.79. The number of carbonyl (C=O) groups excluding carboxylic acids is 1. The summed E-state index contributed by atoms with van der Waals surface area (Å²) in [5.41, 5.74) is 0.475. The highest BCUT2D eigenvalue weighted by Crippen LogP contribution is 2.40. The minimum atomic E-state index is -4.55. The summed E-state index contributed by atoms with van der Waals surface area (Å²) in [6.07, 6.45) is -2.41. The second-order valence-corrected chi connectivity index (χ2v) is 4.20. The molecule has 0 aromatic heterocycles. The molecule has 0 fully saturated rings. The van der Waals surface area contributed by atoms with Crippen LogP contribution in [0.5, 0.6) is 11.5 Å². The molecular formula is C12H8ClF3O4. The van der Waals surface area contributed by atoms with Gasteiger partial charge in [-0.3, -0.25) is 0 Å². The summed E-state index contributed by atoms with van der Waals surface area (Å²) in [5.74, 6) is -0.305. The van der Waals surface area contributed by atoms with Gasteiger partial charge in [-0.25, -0.2) is 4.79 Å². The molecule has 0 saturated carbocycles. The molecule has 108 valence electrons. The van der Waals surface area contributed by atoms with E-state index in [1.165, 1.54) is 12.1 Å². The Hall–Kier alpha value is -1.89. The van der Waals surface area contributed by atoms with Gasteiger partial charge in [0.2, 0.25) is 6.79 Å². The smallest absolute Gasteiger partial charge is 0.422 e. The maximum atomic E-state index is 11.8. The summed E-state index contributed by atoms with van der Waals surface area (Å²) in [6.45, 7) is -1.59. The number of halogens is 4. The van der Waals surface area contributed by atoms with Crippen molar-refractivity contribution in [1.82, 2.24) is 0 Å². The molecule has 20 heavy (non-hydrogen) atoms. The molecule has 0 unspecified atom stereocenters. The largest absolute Gasteiger partial charge is 0.454 e. The van der Waals surface area contributed by atoms with Crippen LogP contribution in [0.2, 0.25) is 5.02 Å². The zero-order chi connectivity index (χ0) is 14.8. The van der Waals surface area contributed by atoms with Gasteiger partial charge in [-0.05, 0) is 23.8 Å². The highest BCUT2D eigenvalue weighted by Gasteiger charge is 2.29. The first-order valence-electron chi connectivity index (χ1n) is 5.36. The Morgan fingerprint density at radius 1 is 1.40 bits per heavy atom. The molecule has 1 aliphatic rings. The SMILES string of the molecule is O=C(C=Cc1cc(Cl)c2c(c1)OCO2)OCC(F)(F)F. The van der Waals surface area contributed by atoms with E-state index in [9.17, 15) is 18.0 Å². The van der Waals surface area contributed by atoms with Crippen LogP contribution in [0.4, 0.5) is 13.2 Å². The van der Waals surface area contributed by atoms with Gasteiger partial charge in [0.05, 0.1) is 5.02 Å². The lowest BCUT2D eigenvalue weighted by atomic mass is 10.2. The van der Waals surface area contributed by atoms with E-state index in [1.54, 1.807) is 6.07 Å². The zero-order valence-electron chi connectivity index (χ0n) is 9.87. The van der Waals surface area contributed by atoms with Crippen molar-refractivity contribution in [3.63, 3.8) is 0 Å². The Balaban J connectivity index is 2.01. The standard InChI is InChI=1S/C12H8ClF3O4/c13-8-3-7(4-9-11(8)20-6-19-9)1-2-10(17)18-5-12(14,15)16/h1-4H,5-6H2. The third-order valence-corrected chi connectivity index (χ3v) is 2.52. The number of hydrogen-bond donors (Lipinski definition) is 0. The number of carbonyl (C=O) groups is 1. The molecule has 0 spiro atoms. The van der Waals surface area contributed by atoms with Crippen LogP contribution < -0.4 is 9.47 Å². The van der Waals surface area contributed by atoms with E-state index < -0.39 is 18.8 Å². The number of ether oxygens (including phenoxy) is 3. The van der Waals surface area contributed by atoms with Crippen molar-refractivity contribution in [1.29, 1.82) is 0 Å². The van der Waals surface area contributed by atoms with E-state index in [1.807, 2.05) is 0 Å². The molecule has 0 bridgehead atoms. The normalized spacial score (nSPS) is 13.8. The molecule has 4 nitrogen and oxygen atoms in total. The first kappa shape index (κ1) is 14.5. The molecule has 1 aliphatic heterocycles. The van der Waals surface area contributed by atoms with Crippen LogP contribution in [0.1, 0.15) is 5.56 Å². The van der Waals surface area contributed by atoms with E-state index >= 15 is 0 Å². The minimum Gasteiger partial charge on any atom is -0.454 e. The van der Waals surface area contributed by atoms with Gasteiger partial charge in [0.15, 0.2) is 18.1 Å². The van der Waals surface area contributed by atoms with Crippen molar-refractivity contribution in [3.8, 4) is 11.5 Å². The van der Waals surface area contributed by atoms with E-state index in [-0.39, 0.29) is 11.8 Å². The van der Waals surface area contributed by atoms with Gasteiger partial charge in [0, 0.05) is 6.08 Å². The molecule has 8 heteroatoms. The fourth-order valence-corrected chi connectivity index (χ4v) is 1.72. The van der Waals surface area contributed by atoms with E-state index in [4.69, 9.17) is 21.1 Å². The van der Waals surface area contributed by atoms with Crippen molar-refractivity contribution in [3.05, 3.63) is 28.8 Å². The third-order valence-electron chi connectivity index (χ3n) is 2.24. The predicted octanol–water partition coefficient (Wildman–Crippen LogP) is 3.19. The monoisotopic (exact) mass is 308 g/mol. The topological polar surface area (TPSA) is 44.8 Å². The van der Waals surface area contributed by atoms with Crippen LogP contribution in [0.25, 0.3) is 6.08 Å². The lowest BCUT2D eigenvalue weighted by Gasteiger charge is -2.05. The van der Waals surface area contributed by atoms with Crippen molar-refractivity contribution >= 4 is 23.6 Å². The Kier molecular flexibility index (Phi) is 4.08. The van der Waals surface area contributed by atoms with Crippen LogP contribution in [0, 0.1) is 0 Å². The first-order chi connectivity index (χ1) is 9.35. The fourth-order valence-electron chi connectivity index (χ4n) is 1.45. The number of esters is 1. The molecule has 1 heterocycles. The van der Waals surface area contributed by atoms with Crippen LogP contribution >= 0.6 is 11.6 Å². The zero-order valence-corrected chi connectivity index (χ0v) is 10.6. The summed E-state index contributed by atoms with van der Waals surface area (Å²) in [6, 6.07) is 3.03. The Morgan fingerprint density at radius 3 is 2.85 bits per heavy atom. The molecular weight excluding hydrogens is 301 g/mol. The van der Waals surface area contributed by atoms with Gasteiger partial charge >= 0.3 is 12.1 Å². The van der Waals surface area contributed by atoms with Gasteiger partial charge in [0.1, 0.15) is 0 Å². The summed E-state index contributed by atoms with van der Waals surface area (Å²) in [4.78, 5) is 11.1. The summed E-state index contributed by atoms with van der Waals surface area (Å²) >= 11 is 5.91. The molecule has 0 N–H and O–H groups in total. The maximum Gasteiger partial charge on any atom is 0.422 e. The number of benzene rings is 1. The quantitative estimate of drug-likeness (QED) is 0.635. The second kappa shape index (κ2) is 5.62. The lowest BCUT2D eigenvalue weighted by Crippen LogP contribution is -2.19. The van der Waals surface area contributed by atoms with E-state index in [0.717, 1.165) is 6.08 Å². The number of fused-ring (bicyclic) bond motifs is 1. The van der Waals surface area contributed by atoms with Crippen molar-refractivity contribution in [2.45, 2.75) is 6.18 Å². The minimum absolute atomic E-state index is 0.0375. The van der Waals surface area contributed by atoms with Crippen molar-refractivity contribution < 1.29 is 32.2 Å². The van der Waals surface area contributed by atoms with E-state index in [2.05, 4.69) is 4.74 Å². The van der Waals surface area contributed by atoms with Crippen LogP contribution in [-0.2, 0) is 9.53 Å².